The molecule has 0 radical (unpaired) electrons. The topological polar surface area (TPSA) is 12.5 Å². The van der Waals surface area contributed by atoms with E-state index in [-0.39, 0.29) is 0 Å². The van der Waals surface area contributed by atoms with Crippen molar-refractivity contribution in [1.82, 2.24) is 0 Å². The second-order valence-electron chi connectivity index (χ2n) is 11.9. The van der Waals surface area contributed by atoms with Crippen LogP contribution in [0.2, 0.25) is 0 Å². The summed E-state index contributed by atoms with van der Waals surface area (Å²) >= 11 is 0. The first kappa shape index (κ1) is 27.0. The zero-order valence-corrected chi connectivity index (χ0v) is 21.5. The van der Waals surface area contributed by atoms with Crippen molar-refractivity contribution in [3.05, 3.63) is 0 Å². The summed E-state index contributed by atoms with van der Waals surface area (Å²) in [6.45, 7) is 16.9. The number of epoxide rings is 1. The Kier molecular flexibility index (Phi) is 13.1. The van der Waals surface area contributed by atoms with E-state index in [1.54, 1.807) is 0 Å². The average molecular weight is 409 g/mol. The third kappa shape index (κ3) is 13.1. The SMILES string of the molecule is CCCCCCCCCCCC(C)(C)CCCC(C)(C)CC1OC1C(C)CCC. The van der Waals surface area contributed by atoms with E-state index in [0.29, 0.717) is 23.0 Å². The summed E-state index contributed by atoms with van der Waals surface area (Å²) in [5.74, 6) is 0.746. The number of ether oxygens (including phenoxy) is 1. The highest BCUT2D eigenvalue weighted by Crippen LogP contribution is 2.42. The summed E-state index contributed by atoms with van der Waals surface area (Å²) in [6, 6.07) is 0. The molecule has 1 aliphatic rings. The first-order valence-corrected chi connectivity index (χ1v) is 13.4. The summed E-state index contributed by atoms with van der Waals surface area (Å²) in [5, 5.41) is 0. The summed E-state index contributed by atoms with van der Waals surface area (Å²) in [7, 11) is 0. The van der Waals surface area contributed by atoms with Crippen molar-refractivity contribution in [2.45, 2.75) is 163 Å². The number of unbranched alkanes of at least 4 members (excludes halogenated alkanes) is 8. The highest BCUT2D eigenvalue weighted by Gasteiger charge is 2.44. The van der Waals surface area contributed by atoms with Crippen LogP contribution in [0.25, 0.3) is 0 Å². The molecule has 1 heterocycles. The minimum absolute atomic E-state index is 0.430. The van der Waals surface area contributed by atoms with Gasteiger partial charge in [0.05, 0.1) is 12.2 Å². The fraction of sp³-hybridized carbons (Fsp3) is 1.00. The third-order valence-electron chi connectivity index (χ3n) is 7.34. The fourth-order valence-corrected chi connectivity index (χ4v) is 5.17. The summed E-state index contributed by atoms with van der Waals surface area (Å²) in [5.41, 5.74) is 0.949. The van der Waals surface area contributed by atoms with E-state index < -0.39 is 0 Å². The standard InChI is InChI=1S/C28H56O/c1-8-10-11-12-13-14-15-16-17-20-27(4,5)21-18-22-28(6,7)23-25-26(29-25)24(3)19-9-2/h24-26H,8-23H2,1-7H3. The van der Waals surface area contributed by atoms with Gasteiger partial charge in [0.2, 0.25) is 0 Å². The van der Waals surface area contributed by atoms with E-state index in [4.69, 9.17) is 4.74 Å². The van der Waals surface area contributed by atoms with Gasteiger partial charge < -0.3 is 4.74 Å². The molecule has 0 aliphatic carbocycles. The van der Waals surface area contributed by atoms with Gasteiger partial charge in [-0.2, -0.15) is 0 Å². The zero-order valence-electron chi connectivity index (χ0n) is 21.5. The molecule has 3 unspecified atom stereocenters. The van der Waals surface area contributed by atoms with Crippen molar-refractivity contribution < 1.29 is 4.74 Å². The molecule has 1 nitrogen and oxygen atoms in total. The second-order valence-corrected chi connectivity index (χ2v) is 11.9. The number of hydrogen-bond acceptors (Lipinski definition) is 1. The number of hydrogen-bond donors (Lipinski definition) is 0. The van der Waals surface area contributed by atoms with Crippen molar-refractivity contribution in [1.29, 1.82) is 0 Å². The first-order chi connectivity index (χ1) is 13.7. The van der Waals surface area contributed by atoms with Crippen molar-refractivity contribution >= 4 is 0 Å². The smallest absolute Gasteiger partial charge is 0.0867 e. The van der Waals surface area contributed by atoms with E-state index in [9.17, 15) is 0 Å². The Balaban J connectivity index is 2.08. The van der Waals surface area contributed by atoms with Gasteiger partial charge in [-0.3, -0.25) is 0 Å². The highest BCUT2D eigenvalue weighted by molar-refractivity contribution is 4.92. The Hall–Kier alpha value is -0.0400. The largest absolute Gasteiger partial charge is 0.369 e. The van der Waals surface area contributed by atoms with Crippen molar-refractivity contribution in [3.8, 4) is 0 Å². The highest BCUT2D eigenvalue weighted by atomic mass is 16.6. The molecule has 1 heteroatoms. The van der Waals surface area contributed by atoms with Gasteiger partial charge in [-0.15, -0.1) is 0 Å². The fourth-order valence-electron chi connectivity index (χ4n) is 5.17. The Morgan fingerprint density at radius 1 is 0.655 bits per heavy atom. The molecule has 3 atom stereocenters. The molecule has 0 bridgehead atoms. The molecular formula is C28H56O. The van der Waals surface area contributed by atoms with Crippen molar-refractivity contribution in [2.75, 3.05) is 0 Å². The molecule has 29 heavy (non-hydrogen) atoms. The van der Waals surface area contributed by atoms with E-state index in [1.807, 2.05) is 0 Å². The Bertz CT molecular complexity index is 397. The summed E-state index contributed by atoms with van der Waals surface area (Å²) in [6.07, 6.45) is 23.4. The second kappa shape index (κ2) is 14.1. The predicted octanol–water partition coefficient (Wildman–Crippen LogP) is 9.72. The lowest BCUT2D eigenvalue weighted by molar-refractivity contribution is 0.221. The van der Waals surface area contributed by atoms with Crippen LogP contribution < -0.4 is 0 Å². The van der Waals surface area contributed by atoms with Crippen LogP contribution in [0, 0.1) is 16.7 Å². The molecule has 0 aromatic rings. The van der Waals surface area contributed by atoms with Crippen molar-refractivity contribution in [2.24, 2.45) is 16.7 Å². The molecule has 0 aromatic carbocycles. The Morgan fingerprint density at radius 2 is 1.17 bits per heavy atom. The van der Waals surface area contributed by atoms with Gasteiger partial charge >= 0.3 is 0 Å². The van der Waals surface area contributed by atoms with Crippen molar-refractivity contribution in [3.63, 3.8) is 0 Å². The van der Waals surface area contributed by atoms with Gasteiger partial charge in [0, 0.05) is 0 Å². The van der Waals surface area contributed by atoms with Crippen LogP contribution in [0.1, 0.15) is 151 Å². The van der Waals surface area contributed by atoms with E-state index in [0.717, 1.165) is 5.92 Å². The summed E-state index contributed by atoms with van der Waals surface area (Å²) in [4.78, 5) is 0. The van der Waals surface area contributed by atoms with Crippen LogP contribution >= 0.6 is 0 Å². The monoisotopic (exact) mass is 408 g/mol. The van der Waals surface area contributed by atoms with Crippen LogP contribution in [0.4, 0.5) is 0 Å². The molecule has 0 amide bonds. The molecule has 0 spiro atoms. The maximum Gasteiger partial charge on any atom is 0.0867 e. The maximum atomic E-state index is 6.03. The molecule has 0 N–H and O–H groups in total. The van der Waals surface area contributed by atoms with E-state index in [2.05, 4.69) is 48.5 Å². The molecule has 1 aliphatic heterocycles. The number of rotatable bonds is 19. The lowest BCUT2D eigenvalue weighted by Gasteiger charge is -2.29. The zero-order chi connectivity index (χ0) is 21.8. The van der Waals surface area contributed by atoms with Gasteiger partial charge in [0.25, 0.3) is 0 Å². The summed E-state index contributed by atoms with van der Waals surface area (Å²) < 4.78 is 6.03. The van der Waals surface area contributed by atoms with Gasteiger partial charge in [-0.1, -0.05) is 119 Å². The van der Waals surface area contributed by atoms with Gasteiger partial charge in [0.1, 0.15) is 0 Å². The molecule has 1 fully saturated rings. The van der Waals surface area contributed by atoms with Crippen LogP contribution in [-0.4, -0.2) is 12.2 Å². The quantitative estimate of drug-likeness (QED) is 0.153. The minimum Gasteiger partial charge on any atom is -0.369 e. The average Bonchev–Trinajstić information content (AvgIpc) is 3.38. The lowest BCUT2D eigenvalue weighted by Crippen LogP contribution is -2.19. The van der Waals surface area contributed by atoms with E-state index >= 15 is 0 Å². The molecule has 174 valence electrons. The normalized spacial score (nSPS) is 20.8. The minimum atomic E-state index is 0.430. The molecular weight excluding hydrogens is 352 g/mol. The van der Waals surface area contributed by atoms with Gasteiger partial charge in [0.15, 0.2) is 0 Å². The molecule has 0 saturated carbocycles. The first-order valence-electron chi connectivity index (χ1n) is 13.4. The van der Waals surface area contributed by atoms with Crippen LogP contribution in [-0.2, 0) is 4.74 Å². The third-order valence-corrected chi connectivity index (χ3v) is 7.34. The van der Waals surface area contributed by atoms with Crippen LogP contribution in [0.5, 0.6) is 0 Å². The van der Waals surface area contributed by atoms with Crippen LogP contribution in [0.3, 0.4) is 0 Å². The van der Waals surface area contributed by atoms with Gasteiger partial charge in [-0.05, 0) is 48.9 Å². The molecule has 1 saturated heterocycles. The van der Waals surface area contributed by atoms with Crippen LogP contribution in [0.15, 0.2) is 0 Å². The molecule has 1 rings (SSSR count). The predicted molar refractivity (Wildman–Crippen MR) is 131 cm³/mol. The Morgan fingerprint density at radius 3 is 1.76 bits per heavy atom. The van der Waals surface area contributed by atoms with Gasteiger partial charge in [-0.25, -0.2) is 0 Å². The Labute approximate surface area is 185 Å². The molecule has 0 aromatic heterocycles. The maximum absolute atomic E-state index is 6.03. The lowest BCUT2D eigenvalue weighted by atomic mass is 9.77. The van der Waals surface area contributed by atoms with E-state index in [1.165, 1.54) is 103 Å².